The molecule has 1 saturated heterocycles. The number of rotatable bonds is 20. The number of thioether (sulfide) groups is 1. The molecule has 5 N–H and O–H groups in total. The number of benzene rings is 3. The van der Waals surface area contributed by atoms with Crippen LogP contribution in [0.25, 0.3) is 0 Å². The number of methoxy groups -OCH3 is 1. The van der Waals surface area contributed by atoms with Crippen LogP contribution in [-0.4, -0.2) is 112 Å². The summed E-state index contributed by atoms with van der Waals surface area (Å²) in [5.74, 6) is 0.505. The SMILES string of the molecule is CCS[C@@H](OC[C@H]1O[C@H](OC)[C@@H](OCc2ccccc2)[C@@H](OCc2ccccc2)[C@@H]1OCc1ccccc1)[C@H](O)[C@@H](O)[C@@H](O)[C@@H](O)CO. The summed E-state index contributed by atoms with van der Waals surface area (Å²) in [5.41, 5.74) is 1.82. The summed E-state index contributed by atoms with van der Waals surface area (Å²) >= 11 is 1.20. The normalized spacial score (nSPS) is 24.4. The molecule has 48 heavy (non-hydrogen) atoms. The molecule has 264 valence electrons. The molecule has 0 radical (unpaired) electrons. The Labute approximate surface area is 286 Å². The third-order valence-corrected chi connectivity index (χ3v) is 9.07. The first-order valence-corrected chi connectivity index (χ1v) is 17.1. The Morgan fingerprint density at radius 1 is 0.667 bits per heavy atom. The quantitative estimate of drug-likeness (QED) is 0.111. The molecule has 0 unspecified atom stereocenters. The first kappa shape index (κ1) is 38.4. The fourth-order valence-electron chi connectivity index (χ4n) is 5.37. The molecule has 3 aromatic rings. The molecule has 3 aromatic carbocycles. The lowest BCUT2D eigenvalue weighted by molar-refractivity contribution is -0.324. The summed E-state index contributed by atoms with van der Waals surface area (Å²) < 4.78 is 38.0. The topological polar surface area (TPSA) is 157 Å². The van der Waals surface area contributed by atoms with E-state index < -0.39 is 67.2 Å². The maximum Gasteiger partial charge on any atom is 0.186 e. The number of hydrogen-bond acceptors (Lipinski definition) is 12. The smallest absolute Gasteiger partial charge is 0.186 e. The zero-order chi connectivity index (χ0) is 34.3. The van der Waals surface area contributed by atoms with Crippen LogP contribution in [0.5, 0.6) is 0 Å². The molecule has 0 spiro atoms. The van der Waals surface area contributed by atoms with Crippen LogP contribution >= 0.6 is 11.8 Å². The fraction of sp³-hybridized carbons (Fsp3) is 0.500. The highest BCUT2D eigenvalue weighted by atomic mass is 32.2. The molecule has 1 heterocycles. The first-order valence-electron chi connectivity index (χ1n) is 16.1. The van der Waals surface area contributed by atoms with Gasteiger partial charge in [0.25, 0.3) is 0 Å². The van der Waals surface area contributed by atoms with E-state index >= 15 is 0 Å². The van der Waals surface area contributed by atoms with Crippen molar-refractivity contribution in [3.05, 3.63) is 108 Å². The fourth-order valence-corrected chi connectivity index (χ4v) is 6.23. The summed E-state index contributed by atoms with van der Waals surface area (Å²) in [5, 5.41) is 50.9. The van der Waals surface area contributed by atoms with Crippen molar-refractivity contribution in [3.63, 3.8) is 0 Å². The Morgan fingerprint density at radius 3 is 1.60 bits per heavy atom. The van der Waals surface area contributed by atoms with Crippen molar-refractivity contribution in [2.75, 3.05) is 26.1 Å². The molecule has 1 aliphatic rings. The lowest BCUT2D eigenvalue weighted by Gasteiger charge is -2.46. The number of aliphatic hydroxyl groups is 5. The van der Waals surface area contributed by atoms with E-state index in [9.17, 15) is 25.5 Å². The van der Waals surface area contributed by atoms with Gasteiger partial charge in [0.1, 0.15) is 54.3 Å². The van der Waals surface area contributed by atoms with Crippen molar-refractivity contribution in [2.24, 2.45) is 0 Å². The zero-order valence-corrected chi connectivity index (χ0v) is 28.1. The summed E-state index contributed by atoms with van der Waals surface area (Å²) in [4.78, 5) is 0. The van der Waals surface area contributed by atoms with Crippen molar-refractivity contribution in [1.82, 2.24) is 0 Å². The highest BCUT2D eigenvalue weighted by molar-refractivity contribution is 7.99. The Balaban J connectivity index is 1.61. The lowest BCUT2D eigenvalue weighted by atomic mass is 9.97. The molecule has 11 nitrogen and oxygen atoms in total. The van der Waals surface area contributed by atoms with Gasteiger partial charge in [0.05, 0.1) is 33.0 Å². The van der Waals surface area contributed by atoms with Crippen LogP contribution in [0.1, 0.15) is 23.6 Å². The maximum absolute atomic E-state index is 11.0. The summed E-state index contributed by atoms with van der Waals surface area (Å²) in [6, 6.07) is 29.2. The van der Waals surface area contributed by atoms with Gasteiger partial charge in [-0.1, -0.05) is 97.9 Å². The van der Waals surface area contributed by atoms with Crippen molar-refractivity contribution >= 4 is 11.8 Å². The van der Waals surface area contributed by atoms with E-state index in [2.05, 4.69) is 0 Å². The van der Waals surface area contributed by atoms with Crippen LogP contribution in [0, 0.1) is 0 Å². The summed E-state index contributed by atoms with van der Waals surface area (Å²) in [6.45, 7) is 1.72. The Bertz CT molecular complexity index is 1270. The average Bonchev–Trinajstić information content (AvgIpc) is 3.14. The first-order chi connectivity index (χ1) is 23.4. The molecular weight excluding hydrogens is 640 g/mol. The van der Waals surface area contributed by atoms with Crippen LogP contribution < -0.4 is 0 Å². The minimum atomic E-state index is -1.79. The van der Waals surface area contributed by atoms with Crippen molar-refractivity contribution in [2.45, 2.75) is 87.3 Å². The van der Waals surface area contributed by atoms with Gasteiger partial charge < -0.3 is 54.0 Å². The van der Waals surface area contributed by atoms with Gasteiger partial charge >= 0.3 is 0 Å². The van der Waals surface area contributed by atoms with Crippen LogP contribution in [-0.2, 0) is 48.2 Å². The summed E-state index contributed by atoms with van der Waals surface area (Å²) in [6.07, 6.45) is -10.6. The third kappa shape index (κ3) is 11.0. The van der Waals surface area contributed by atoms with Crippen molar-refractivity contribution < 1.29 is 54.0 Å². The van der Waals surface area contributed by atoms with Gasteiger partial charge in [-0.25, -0.2) is 0 Å². The Hall–Kier alpha value is -2.43. The second-order valence-corrected chi connectivity index (χ2v) is 12.8. The van der Waals surface area contributed by atoms with E-state index in [1.807, 2.05) is 97.9 Å². The Morgan fingerprint density at radius 2 is 1.15 bits per heavy atom. The highest BCUT2D eigenvalue weighted by Gasteiger charge is 2.49. The molecule has 10 atom stereocenters. The van der Waals surface area contributed by atoms with Crippen molar-refractivity contribution in [3.8, 4) is 0 Å². The largest absolute Gasteiger partial charge is 0.394 e. The molecular formula is C36H48O11S. The molecule has 0 aliphatic carbocycles. The highest BCUT2D eigenvalue weighted by Crippen LogP contribution is 2.32. The van der Waals surface area contributed by atoms with E-state index in [1.165, 1.54) is 18.9 Å². The van der Waals surface area contributed by atoms with Gasteiger partial charge in [0.2, 0.25) is 0 Å². The molecule has 0 amide bonds. The molecule has 1 aliphatic heterocycles. The van der Waals surface area contributed by atoms with E-state index in [-0.39, 0.29) is 26.4 Å². The average molecular weight is 689 g/mol. The van der Waals surface area contributed by atoms with Gasteiger partial charge in [0.15, 0.2) is 6.29 Å². The maximum atomic E-state index is 11.0. The molecule has 0 aromatic heterocycles. The second kappa shape index (κ2) is 20.3. The minimum Gasteiger partial charge on any atom is -0.394 e. The zero-order valence-electron chi connectivity index (χ0n) is 27.3. The number of ether oxygens (including phenoxy) is 6. The van der Waals surface area contributed by atoms with Crippen LogP contribution in [0.4, 0.5) is 0 Å². The Kier molecular flexibility index (Phi) is 16.2. The van der Waals surface area contributed by atoms with Crippen molar-refractivity contribution in [1.29, 1.82) is 0 Å². The van der Waals surface area contributed by atoms with E-state index in [1.54, 1.807) is 0 Å². The molecule has 12 heteroatoms. The van der Waals surface area contributed by atoms with Gasteiger partial charge in [-0.15, -0.1) is 11.8 Å². The van der Waals surface area contributed by atoms with Crippen LogP contribution in [0.15, 0.2) is 91.0 Å². The van der Waals surface area contributed by atoms with E-state index in [4.69, 9.17) is 28.4 Å². The third-order valence-electron chi connectivity index (χ3n) is 7.99. The van der Waals surface area contributed by atoms with E-state index in [0.29, 0.717) is 5.75 Å². The van der Waals surface area contributed by atoms with Gasteiger partial charge in [-0.05, 0) is 22.4 Å². The van der Waals surface area contributed by atoms with Crippen LogP contribution in [0.2, 0.25) is 0 Å². The van der Waals surface area contributed by atoms with Crippen LogP contribution in [0.3, 0.4) is 0 Å². The van der Waals surface area contributed by atoms with Gasteiger partial charge in [-0.3, -0.25) is 0 Å². The number of aliphatic hydroxyl groups excluding tert-OH is 5. The predicted molar refractivity (Wildman–Crippen MR) is 180 cm³/mol. The molecule has 4 rings (SSSR count). The lowest BCUT2D eigenvalue weighted by Crippen LogP contribution is -2.62. The van der Waals surface area contributed by atoms with E-state index in [0.717, 1.165) is 16.7 Å². The minimum absolute atomic E-state index is 0.115. The second-order valence-electron chi connectivity index (χ2n) is 11.4. The molecule has 0 saturated carbocycles. The molecule has 0 bridgehead atoms. The monoisotopic (exact) mass is 688 g/mol. The molecule has 1 fully saturated rings. The summed E-state index contributed by atoms with van der Waals surface area (Å²) in [7, 11) is 1.52. The standard InChI is InChI=1S/C36H48O11S/c1-3-48-36(31(41)30(40)29(39)27(38)19-37)46-23-28-32(43-20-24-13-7-4-8-14-24)33(44-21-25-15-9-5-10-16-25)34(35(42-2)47-28)45-22-26-17-11-6-12-18-26/h4-18,27-41H,3,19-23H2,1-2H3/t27-,28+,29-,30-,31+,32+,33-,34-,35-,36+/m0/s1. The predicted octanol–water partition coefficient (Wildman–Crippen LogP) is 2.65. The van der Waals surface area contributed by atoms with Gasteiger partial charge in [0, 0.05) is 7.11 Å². The number of hydrogen-bond donors (Lipinski definition) is 5. The van der Waals surface area contributed by atoms with Gasteiger partial charge in [-0.2, -0.15) is 0 Å².